The Morgan fingerprint density at radius 2 is 1.42 bits per heavy atom. The lowest BCUT2D eigenvalue weighted by molar-refractivity contribution is 0.475. The minimum absolute atomic E-state index is 0.135. The first kappa shape index (κ1) is 20.9. The van der Waals surface area contributed by atoms with Gasteiger partial charge >= 0.3 is 0 Å². The van der Waals surface area contributed by atoms with Crippen LogP contribution in [-0.4, -0.2) is 24.8 Å². The first-order valence-electron chi connectivity index (χ1n) is 10.5. The zero-order valence-corrected chi connectivity index (χ0v) is 18.9. The number of nitrogens with zero attached hydrogens (tertiary/aromatic N) is 3. The lowest BCUT2D eigenvalue weighted by Crippen LogP contribution is -2.22. The van der Waals surface area contributed by atoms with Crippen molar-refractivity contribution in [3.63, 3.8) is 0 Å². The third kappa shape index (κ3) is 3.88. The molecule has 0 amide bonds. The van der Waals surface area contributed by atoms with Crippen LogP contribution in [0.15, 0.2) is 54.6 Å². The molecule has 0 spiro atoms. The highest BCUT2D eigenvalue weighted by Gasteiger charge is 2.28. The normalized spacial score (nSPS) is 12.5. The molecule has 4 aromatic rings. The van der Waals surface area contributed by atoms with Crippen molar-refractivity contribution in [3.05, 3.63) is 66.0 Å². The van der Waals surface area contributed by atoms with Crippen LogP contribution in [0.5, 0.6) is 11.5 Å². The number of hydrogen-bond acceptors (Lipinski definition) is 4. The van der Waals surface area contributed by atoms with Gasteiger partial charge in [0.1, 0.15) is 17.2 Å². The summed E-state index contributed by atoms with van der Waals surface area (Å²) in [6, 6.07) is 16.4. The van der Waals surface area contributed by atoms with E-state index < -0.39 is 0 Å². The molecule has 0 unspecified atom stereocenters. The molecule has 2 N–H and O–H groups in total. The van der Waals surface area contributed by atoms with Gasteiger partial charge in [0.15, 0.2) is 5.65 Å². The number of phenolic OH excluding ortho intramolecular Hbond substituents is 2. The quantitative estimate of drug-likeness (QED) is 0.417. The van der Waals surface area contributed by atoms with Crippen LogP contribution in [0.1, 0.15) is 52.9 Å². The van der Waals surface area contributed by atoms with Crippen LogP contribution in [-0.2, 0) is 10.8 Å². The SMILES string of the molecule is CC(C)(C)c1cc(C(C)(C)C)n2nc(-c3cccc(O)c3)c(-c3ccc(O)cc3)c2n1. The summed E-state index contributed by atoms with van der Waals surface area (Å²) in [6.07, 6.45) is 0. The smallest absolute Gasteiger partial charge is 0.164 e. The van der Waals surface area contributed by atoms with Crippen LogP contribution in [0.25, 0.3) is 28.0 Å². The second-order valence-corrected chi connectivity index (χ2v) is 10.1. The van der Waals surface area contributed by atoms with Crippen molar-refractivity contribution >= 4 is 5.65 Å². The zero-order valence-electron chi connectivity index (χ0n) is 18.9. The van der Waals surface area contributed by atoms with Gasteiger partial charge in [-0.15, -0.1) is 0 Å². The molecular weight excluding hydrogens is 386 g/mol. The molecule has 31 heavy (non-hydrogen) atoms. The lowest BCUT2D eigenvalue weighted by Gasteiger charge is -2.25. The Labute approximate surface area is 183 Å². The van der Waals surface area contributed by atoms with E-state index in [-0.39, 0.29) is 22.3 Å². The van der Waals surface area contributed by atoms with Crippen LogP contribution in [0.4, 0.5) is 0 Å². The Morgan fingerprint density at radius 1 is 0.742 bits per heavy atom. The number of fused-ring (bicyclic) bond motifs is 1. The fraction of sp³-hybridized carbons (Fsp3) is 0.308. The van der Waals surface area contributed by atoms with E-state index in [1.807, 2.05) is 28.8 Å². The van der Waals surface area contributed by atoms with E-state index in [1.165, 1.54) is 0 Å². The Kier molecular flexibility index (Phi) is 4.80. The zero-order chi connectivity index (χ0) is 22.6. The van der Waals surface area contributed by atoms with Gasteiger partial charge in [0, 0.05) is 16.4 Å². The van der Waals surface area contributed by atoms with E-state index >= 15 is 0 Å². The van der Waals surface area contributed by atoms with Gasteiger partial charge in [0.25, 0.3) is 0 Å². The van der Waals surface area contributed by atoms with Crippen LogP contribution >= 0.6 is 0 Å². The third-order valence-electron chi connectivity index (χ3n) is 5.40. The molecule has 160 valence electrons. The van der Waals surface area contributed by atoms with Crippen molar-refractivity contribution < 1.29 is 10.2 Å². The summed E-state index contributed by atoms with van der Waals surface area (Å²) >= 11 is 0. The predicted octanol–water partition coefficient (Wildman–Crippen LogP) is 6.07. The molecule has 0 aliphatic heterocycles. The second kappa shape index (κ2) is 7.12. The highest BCUT2D eigenvalue weighted by Crippen LogP contribution is 2.39. The highest BCUT2D eigenvalue weighted by molar-refractivity contribution is 5.91. The van der Waals surface area contributed by atoms with Crippen molar-refractivity contribution in [2.45, 2.75) is 52.4 Å². The molecule has 0 fully saturated rings. The Hall–Kier alpha value is -3.34. The third-order valence-corrected chi connectivity index (χ3v) is 5.40. The van der Waals surface area contributed by atoms with Gasteiger partial charge in [0.05, 0.1) is 17.0 Å². The minimum atomic E-state index is -0.157. The molecule has 4 rings (SSSR count). The monoisotopic (exact) mass is 415 g/mol. The molecular formula is C26H29N3O2. The summed E-state index contributed by atoms with van der Waals surface area (Å²) in [5.41, 5.74) is 5.87. The van der Waals surface area contributed by atoms with E-state index in [2.05, 4.69) is 47.6 Å². The minimum Gasteiger partial charge on any atom is -0.508 e. The van der Waals surface area contributed by atoms with E-state index in [9.17, 15) is 10.2 Å². The van der Waals surface area contributed by atoms with Gasteiger partial charge in [-0.1, -0.05) is 65.8 Å². The number of aromatic hydroxyl groups is 2. The number of hydrogen-bond donors (Lipinski definition) is 2. The lowest BCUT2D eigenvalue weighted by atomic mass is 9.86. The Bertz CT molecular complexity index is 1260. The fourth-order valence-electron chi connectivity index (χ4n) is 3.69. The summed E-state index contributed by atoms with van der Waals surface area (Å²) < 4.78 is 1.93. The molecule has 0 aliphatic rings. The largest absolute Gasteiger partial charge is 0.508 e. The molecule has 0 saturated heterocycles. The van der Waals surface area contributed by atoms with E-state index in [0.717, 1.165) is 39.4 Å². The molecule has 0 bridgehead atoms. The molecule has 0 aliphatic carbocycles. The number of rotatable bonds is 2. The topological polar surface area (TPSA) is 70.7 Å². The molecule has 0 radical (unpaired) electrons. The maximum absolute atomic E-state index is 10.1. The van der Waals surface area contributed by atoms with Crippen molar-refractivity contribution in [1.82, 2.24) is 14.6 Å². The number of benzene rings is 2. The molecule has 2 heterocycles. The van der Waals surface area contributed by atoms with Gasteiger partial charge in [-0.05, 0) is 35.9 Å². The van der Waals surface area contributed by atoms with Crippen molar-refractivity contribution in [1.29, 1.82) is 0 Å². The summed E-state index contributed by atoms with van der Waals surface area (Å²) in [5.74, 6) is 0.392. The van der Waals surface area contributed by atoms with E-state index in [4.69, 9.17) is 10.1 Å². The Morgan fingerprint density at radius 3 is 2.00 bits per heavy atom. The summed E-state index contributed by atoms with van der Waals surface area (Å²) in [7, 11) is 0. The number of aromatic nitrogens is 3. The molecule has 5 heteroatoms. The maximum Gasteiger partial charge on any atom is 0.164 e. The van der Waals surface area contributed by atoms with Crippen molar-refractivity contribution in [2.24, 2.45) is 0 Å². The maximum atomic E-state index is 10.1. The van der Waals surface area contributed by atoms with Gasteiger partial charge in [-0.2, -0.15) is 5.10 Å². The summed E-state index contributed by atoms with van der Waals surface area (Å²) in [4.78, 5) is 5.06. The summed E-state index contributed by atoms with van der Waals surface area (Å²) in [6.45, 7) is 13.0. The van der Waals surface area contributed by atoms with Gasteiger partial charge in [0.2, 0.25) is 0 Å². The predicted molar refractivity (Wildman–Crippen MR) is 125 cm³/mol. The van der Waals surface area contributed by atoms with E-state index in [1.54, 1.807) is 24.3 Å². The number of phenols is 2. The molecule has 2 aromatic carbocycles. The molecule has 0 atom stereocenters. The highest BCUT2D eigenvalue weighted by atomic mass is 16.3. The van der Waals surface area contributed by atoms with Gasteiger partial charge in [-0.3, -0.25) is 0 Å². The average molecular weight is 416 g/mol. The van der Waals surface area contributed by atoms with E-state index in [0.29, 0.717) is 0 Å². The molecule has 2 aromatic heterocycles. The van der Waals surface area contributed by atoms with Crippen LogP contribution < -0.4 is 0 Å². The van der Waals surface area contributed by atoms with Crippen LogP contribution in [0, 0.1) is 0 Å². The molecule has 0 saturated carbocycles. The average Bonchev–Trinajstić information content (AvgIpc) is 3.06. The van der Waals surface area contributed by atoms with Crippen LogP contribution in [0.2, 0.25) is 0 Å². The van der Waals surface area contributed by atoms with Crippen molar-refractivity contribution in [3.8, 4) is 33.9 Å². The first-order valence-corrected chi connectivity index (χ1v) is 10.5. The second-order valence-electron chi connectivity index (χ2n) is 10.1. The van der Waals surface area contributed by atoms with Gasteiger partial charge in [-0.25, -0.2) is 9.50 Å². The molecule has 5 nitrogen and oxygen atoms in total. The Balaban J connectivity index is 2.16. The summed E-state index contributed by atoms with van der Waals surface area (Å²) in [5, 5.41) is 24.9. The first-order chi connectivity index (χ1) is 14.4. The fourth-order valence-corrected chi connectivity index (χ4v) is 3.69. The van der Waals surface area contributed by atoms with Gasteiger partial charge < -0.3 is 10.2 Å². The van der Waals surface area contributed by atoms with Crippen LogP contribution in [0.3, 0.4) is 0 Å². The van der Waals surface area contributed by atoms with Crippen molar-refractivity contribution in [2.75, 3.05) is 0 Å². The standard InChI is InChI=1S/C26H29N3O2/c1-25(2,3)20-15-21(26(4,5)6)29-24(27-20)22(16-10-12-18(30)13-11-16)23(28-29)17-8-7-9-19(31)14-17/h7-15,30-31H,1-6H3.